The van der Waals surface area contributed by atoms with Crippen molar-refractivity contribution in [2.24, 2.45) is 5.92 Å². The zero-order valence-corrected chi connectivity index (χ0v) is 11.2. The summed E-state index contributed by atoms with van der Waals surface area (Å²) in [4.78, 5) is 11.6. The molecule has 18 heavy (non-hydrogen) atoms. The van der Waals surface area contributed by atoms with Gasteiger partial charge in [-0.25, -0.2) is 0 Å². The van der Waals surface area contributed by atoms with Gasteiger partial charge in [0.1, 0.15) is 5.78 Å². The summed E-state index contributed by atoms with van der Waals surface area (Å²) < 4.78 is 10.8. The molecule has 98 valence electrons. The van der Waals surface area contributed by atoms with Crippen molar-refractivity contribution in [2.45, 2.75) is 32.6 Å². The zero-order valence-electron chi connectivity index (χ0n) is 11.2. The van der Waals surface area contributed by atoms with Crippen LogP contribution in [0.3, 0.4) is 0 Å². The summed E-state index contributed by atoms with van der Waals surface area (Å²) in [5.74, 6) is 2.49. The van der Waals surface area contributed by atoms with Gasteiger partial charge in [0, 0.05) is 12.3 Å². The fraction of sp³-hybridized carbons (Fsp3) is 0.533. The molecule has 0 aromatic heterocycles. The van der Waals surface area contributed by atoms with E-state index in [-0.39, 0.29) is 5.92 Å². The Bertz CT molecular complexity index is 439. The second kappa shape index (κ2) is 5.42. The van der Waals surface area contributed by atoms with Crippen LogP contribution in [-0.4, -0.2) is 19.5 Å². The van der Waals surface area contributed by atoms with Gasteiger partial charge in [0.05, 0.1) is 13.7 Å². The Hall–Kier alpha value is -1.51. The highest BCUT2D eigenvalue weighted by molar-refractivity contribution is 5.84. The average Bonchev–Trinajstić information content (AvgIpc) is 3.19. The molecular weight excluding hydrogens is 228 g/mol. The fourth-order valence-corrected chi connectivity index (χ4v) is 2.37. The quantitative estimate of drug-likeness (QED) is 0.775. The molecule has 2 atom stereocenters. The minimum absolute atomic E-state index is 0.220. The van der Waals surface area contributed by atoms with E-state index < -0.39 is 0 Å². The van der Waals surface area contributed by atoms with Crippen molar-refractivity contribution in [2.75, 3.05) is 13.7 Å². The van der Waals surface area contributed by atoms with E-state index >= 15 is 0 Å². The molecule has 1 aliphatic carbocycles. The van der Waals surface area contributed by atoms with Gasteiger partial charge in [0.15, 0.2) is 11.5 Å². The summed E-state index contributed by atoms with van der Waals surface area (Å²) in [6, 6.07) is 5.98. The molecule has 2 rings (SSSR count). The molecule has 1 saturated carbocycles. The van der Waals surface area contributed by atoms with Gasteiger partial charge in [-0.3, -0.25) is 4.79 Å². The van der Waals surface area contributed by atoms with Crippen LogP contribution in [0, 0.1) is 5.92 Å². The van der Waals surface area contributed by atoms with Crippen LogP contribution in [0.5, 0.6) is 11.5 Å². The van der Waals surface area contributed by atoms with E-state index in [0.29, 0.717) is 24.7 Å². The van der Waals surface area contributed by atoms with E-state index in [1.165, 1.54) is 5.56 Å². The third-order valence-corrected chi connectivity index (χ3v) is 3.47. The number of hydrogen-bond acceptors (Lipinski definition) is 3. The van der Waals surface area contributed by atoms with E-state index in [0.717, 1.165) is 17.9 Å². The summed E-state index contributed by atoms with van der Waals surface area (Å²) in [5, 5.41) is 0. The molecule has 3 nitrogen and oxygen atoms in total. The number of Topliss-reactive ketones (excluding diaryl/α,β-unsaturated/α-hetero) is 1. The third kappa shape index (κ3) is 2.50. The molecule has 0 amide bonds. The van der Waals surface area contributed by atoms with Gasteiger partial charge in [-0.15, -0.1) is 0 Å². The minimum Gasteiger partial charge on any atom is -0.493 e. The Labute approximate surface area is 108 Å². The lowest BCUT2D eigenvalue weighted by Crippen LogP contribution is -2.00. The van der Waals surface area contributed by atoms with E-state index in [2.05, 4.69) is 0 Å². The summed E-state index contributed by atoms with van der Waals surface area (Å²) in [7, 11) is 1.64. The van der Waals surface area contributed by atoms with Crippen LogP contribution in [0.25, 0.3) is 0 Å². The standard InChI is InChI=1S/C15H20O3/c1-4-13(16)12-9-11(12)10-6-7-14(18-5-2)15(8-10)17-3/h6-8,11-12H,4-5,9H2,1-3H3. The van der Waals surface area contributed by atoms with E-state index in [4.69, 9.17) is 9.47 Å². The molecule has 2 unspecified atom stereocenters. The van der Waals surface area contributed by atoms with Gasteiger partial charge >= 0.3 is 0 Å². The number of ether oxygens (including phenoxy) is 2. The summed E-state index contributed by atoms with van der Waals surface area (Å²) in [5.41, 5.74) is 1.18. The van der Waals surface area contributed by atoms with Crippen molar-refractivity contribution in [3.05, 3.63) is 23.8 Å². The largest absolute Gasteiger partial charge is 0.493 e. The van der Waals surface area contributed by atoms with Crippen LogP contribution in [-0.2, 0) is 4.79 Å². The number of methoxy groups -OCH3 is 1. The molecule has 3 heteroatoms. The van der Waals surface area contributed by atoms with E-state index in [1.54, 1.807) is 7.11 Å². The third-order valence-electron chi connectivity index (χ3n) is 3.47. The molecule has 0 N–H and O–H groups in total. The number of carbonyl (C=O) groups excluding carboxylic acids is 1. The molecule has 1 fully saturated rings. The lowest BCUT2D eigenvalue weighted by molar-refractivity contribution is -0.120. The number of rotatable bonds is 6. The number of carbonyl (C=O) groups is 1. The van der Waals surface area contributed by atoms with Crippen molar-refractivity contribution >= 4 is 5.78 Å². The lowest BCUT2D eigenvalue weighted by atomic mass is 10.1. The summed E-state index contributed by atoms with van der Waals surface area (Å²) in [6.07, 6.45) is 1.61. The average molecular weight is 248 g/mol. The molecular formula is C15H20O3. The van der Waals surface area contributed by atoms with Gasteiger partial charge in [0.2, 0.25) is 0 Å². The predicted molar refractivity (Wildman–Crippen MR) is 70.3 cm³/mol. The first-order valence-electron chi connectivity index (χ1n) is 6.54. The smallest absolute Gasteiger partial charge is 0.161 e. The Morgan fingerprint density at radius 1 is 1.33 bits per heavy atom. The van der Waals surface area contributed by atoms with Gasteiger partial charge in [-0.1, -0.05) is 13.0 Å². The maximum absolute atomic E-state index is 11.6. The second-order valence-corrected chi connectivity index (χ2v) is 4.61. The molecule has 0 saturated heterocycles. The molecule has 1 aromatic carbocycles. The van der Waals surface area contributed by atoms with E-state index in [1.807, 2.05) is 32.0 Å². The maximum atomic E-state index is 11.6. The van der Waals surface area contributed by atoms with Crippen molar-refractivity contribution < 1.29 is 14.3 Å². The molecule has 0 heterocycles. The van der Waals surface area contributed by atoms with Crippen LogP contribution in [0.15, 0.2) is 18.2 Å². The SMILES string of the molecule is CCOc1ccc(C2CC2C(=O)CC)cc1OC. The highest BCUT2D eigenvalue weighted by atomic mass is 16.5. The Balaban J connectivity index is 2.14. The second-order valence-electron chi connectivity index (χ2n) is 4.61. The number of ketones is 1. The molecule has 0 radical (unpaired) electrons. The van der Waals surface area contributed by atoms with Crippen LogP contribution in [0.2, 0.25) is 0 Å². The maximum Gasteiger partial charge on any atom is 0.161 e. The van der Waals surface area contributed by atoms with Crippen molar-refractivity contribution in [1.82, 2.24) is 0 Å². The number of hydrogen-bond donors (Lipinski definition) is 0. The van der Waals surface area contributed by atoms with Crippen LogP contribution < -0.4 is 9.47 Å². The predicted octanol–water partition coefficient (Wildman–Crippen LogP) is 3.18. The molecule has 1 aliphatic rings. The van der Waals surface area contributed by atoms with Crippen LogP contribution >= 0.6 is 0 Å². The fourth-order valence-electron chi connectivity index (χ4n) is 2.37. The topological polar surface area (TPSA) is 35.5 Å². The highest BCUT2D eigenvalue weighted by Crippen LogP contribution is 2.49. The highest BCUT2D eigenvalue weighted by Gasteiger charge is 2.42. The molecule has 0 spiro atoms. The number of benzene rings is 1. The van der Waals surface area contributed by atoms with E-state index in [9.17, 15) is 4.79 Å². The molecule has 0 bridgehead atoms. The molecule has 0 aliphatic heterocycles. The Morgan fingerprint density at radius 2 is 2.11 bits per heavy atom. The molecule has 1 aromatic rings. The van der Waals surface area contributed by atoms with Crippen LogP contribution in [0.4, 0.5) is 0 Å². The monoisotopic (exact) mass is 248 g/mol. The van der Waals surface area contributed by atoms with Crippen molar-refractivity contribution in [1.29, 1.82) is 0 Å². The first kappa shape index (κ1) is 12.9. The van der Waals surface area contributed by atoms with Crippen LogP contribution in [0.1, 0.15) is 38.2 Å². The first-order chi connectivity index (χ1) is 8.71. The van der Waals surface area contributed by atoms with Gasteiger partial charge in [-0.2, -0.15) is 0 Å². The Kier molecular flexibility index (Phi) is 3.90. The summed E-state index contributed by atoms with van der Waals surface area (Å²) in [6.45, 7) is 4.50. The first-order valence-corrected chi connectivity index (χ1v) is 6.54. The van der Waals surface area contributed by atoms with Gasteiger partial charge < -0.3 is 9.47 Å². The van der Waals surface area contributed by atoms with Crippen molar-refractivity contribution in [3.63, 3.8) is 0 Å². The normalized spacial score (nSPS) is 21.5. The Morgan fingerprint density at radius 3 is 2.72 bits per heavy atom. The zero-order chi connectivity index (χ0) is 13.1. The lowest BCUT2D eigenvalue weighted by Gasteiger charge is -2.10. The van der Waals surface area contributed by atoms with Gasteiger partial charge in [0.25, 0.3) is 0 Å². The van der Waals surface area contributed by atoms with Gasteiger partial charge in [-0.05, 0) is 37.0 Å². The van der Waals surface area contributed by atoms with Crippen molar-refractivity contribution in [3.8, 4) is 11.5 Å². The summed E-state index contributed by atoms with van der Waals surface area (Å²) >= 11 is 0. The minimum atomic E-state index is 0.220.